The second kappa shape index (κ2) is 11.3. The predicted octanol–water partition coefficient (Wildman–Crippen LogP) is 2.86. The molecule has 2 aromatic rings. The van der Waals surface area contributed by atoms with Gasteiger partial charge in [-0.25, -0.2) is 17.6 Å². The molecule has 26 heavy (non-hydrogen) atoms. The van der Waals surface area contributed by atoms with E-state index >= 15 is 0 Å². The molecule has 0 aliphatic heterocycles. The largest absolute Gasteiger partial charge is 0.349 e. The Balaban J connectivity index is 0.00000338. The number of rotatable bonds is 8. The van der Waals surface area contributed by atoms with E-state index in [1.807, 2.05) is 19.1 Å². The molecule has 1 aromatic heterocycles. The van der Waals surface area contributed by atoms with E-state index in [2.05, 4.69) is 29.0 Å². The Hall–Kier alpha value is -0.543. The average Bonchev–Trinajstić information content (AvgIpc) is 3.03. The first kappa shape index (κ1) is 23.5. The van der Waals surface area contributed by atoms with Crippen molar-refractivity contribution in [1.29, 1.82) is 0 Å². The molecule has 2 rings (SSSR count). The van der Waals surface area contributed by atoms with Crippen molar-refractivity contribution < 1.29 is 40.7 Å². The van der Waals surface area contributed by atoms with Gasteiger partial charge in [0, 0.05) is 48.5 Å². The average molecular weight is 609 g/mol. The monoisotopic (exact) mass is 609 g/mol. The second-order valence-corrected chi connectivity index (χ2v) is 7.45. The van der Waals surface area contributed by atoms with Gasteiger partial charge in [-0.3, -0.25) is 4.79 Å². The number of hydrogen-bond acceptors (Lipinski definition) is 5. The summed E-state index contributed by atoms with van der Waals surface area (Å²) in [5, 5.41) is 5.66. The molecule has 1 aromatic carbocycles. The van der Waals surface area contributed by atoms with Crippen LogP contribution in [0.15, 0.2) is 28.5 Å². The minimum absolute atomic E-state index is 0. The summed E-state index contributed by atoms with van der Waals surface area (Å²) in [6, 6.07) is 8.33. The maximum atomic E-state index is 12.5. The summed E-state index contributed by atoms with van der Waals surface area (Å²) in [7, 11) is 5.38. The van der Waals surface area contributed by atoms with Gasteiger partial charge >= 0.3 is 0 Å². The molecule has 0 aliphatic rings. The molecule has 2 unspecified atom stereocenters. The molecule has 134 valence electrons. The predicted molar refractivity (Wildman–Crippen MR) is 104 cm³/mol. The van der Waals surface area contributed by atoms with Gasteiger partial charge in [0.2, 0.25) is 0 Å². The Morgan fingerprint density at radius 3 is 2.73 bits per heavy atom. The topological polar surface area (TPSA) is 59.1 Å². The van der Waals surface area contributed by atoms with Crippen LogP contribution >= 0.6 is 24.0 Å². The van der Waals surface area contributed by atoms with Crippen molar-refractivity contribution >= 4 is 43.4 Å². The van der Waals surface area contributed by atoms with Gasteiger partial charge in [0.15, 0.2) is 7.85 Å². The summed E-state index contributed by atoms with van der Waals surface area (Å²) >= 11 is 5.79. The van der Waals surface area contributed by atoms with E-state index in [0.717, 1.165) is 21.9 Å². The Kier molecular flexibility index (Phi) is 10.2. The molecule has 0 spiro atoms. The Bertz CT molecular complexity index is 754. The van der Waals surface area contributed by atoms with Crippen molar-refractivity contribution in [3.8, 4) is 0 Å². The van der Waals surface area contributed by atoms with Gasteiger partial charge in [-0.2, -0.15) is 29.8 Å². The summed E-state index contributed by atoms with van der Waals surface area (Å²) in [5.74, 6) is -0.571. The summed E-state index contributed by atoms with van der Waals surface area (Å²) in [5.41, 5.74) is 1.02. The molecule has 8 heteroatoms. The molecule has 0 saturated heterocycles. The Morgan fingerprint density at radius 1 is 1.42 bits per heavy atom. The fraction of sp³-hybridized carbons (Fsp3) is 0.389. The van der Waals surface area contributed by atoms with Crippen LogP contribution in [0.2, 0.25) is 0 Å². The van der Waals surface area contributed by atoms with Crippen LogP contribution in [-0.2, 0) is 17.6 Å². The molecule has 1 heterocycles. The third-order valence-electron chi connectivity index (χ3n) is 3.86. The van der Waals surface area contributed by atoms with E-state index in [1.165, 1.54) is 11.3 Å². The first-order valence-electron chi connectivity index (χ1n) is 8.12. The minimum atomic E-state index is -0.379. The SMILES string of the molecule is [B]C(=O)C(C)CC(Cc1c[c-]cc(S)c1)NC(=O)c1csc(CC)n1.[U]. The quantitative estimate of drug-likeness (QED) is 0.275. The molecule has 2 atom stereocenters. The van der Waals surface area contributed by atoms with Crippen LogP contribution < -0.4 is 5.32 Å². The summed E-state index contributed by atoms with van der Waals surface area (Å²) in [6.07, 6.45) is 1.83. The van der Waals surface area contributed by atoms with Gasteiger partial charge in [-0.05, 0) is 12.8 Å². The van der Waals surface area contributed by atoms with E-state index in [4.69, 9.17) is 7.85 Å². The maximum Gasteiger partial charge on any atom is 0.270 e. The van der Waals surface area contributed by atoms with Crippen molar-refractivity contribution in [3.63, 3.8) is 0 Å². The van der Waals surface area contributed by atoms with Crippen molar-refractivity contribution in [2.45, 2.75) is 44.0 Å². The molecule has 4 nitrogen and oxygen atoms in total. The van der Waals surface area contributed by atoms with Crippen molar-refractivity contribution in [3.05, 3.63) is 45.9 Å². The summed E-state index contributed by atoms with van der Waals surface area (Å²) < 4.78 is 0. The van der Waals surface area contributed by atoms with Crippen LogP contribution in [0.25, 0.3) is 0 Å². The number of hydrogen-bond donors (Lipinski definition) is 2. The van der Waals surface area contributed by atoms with Crippen molar-refractivity contribution in [2.24, 2.45) is 5.92 Å². The van der Waals surface area contributed by atoms with E-state index in [0.29, 0.717) is 18.5 Å². The standard InChI is InChI=1S/C18H20BN2O2S2.U/c1-3-16-21-15(10-25-16)18(23)20-13(7-11(2)17(19)22)8-12-5-4-6-14(24)9-12;/h5-6,9-11,13,24H,3,7-8H2,1-2H3,(H,20,23);/q-1;. The number of amides is 1. The molecule has 0 aliphatic carbocycles. The summed E-state index contributed by atoms with van der Waals surface area (Å²) in [4.78, 5) is 29.0. The van der Waals surface area contributed by atoms with Gasteiger partial charge in [0.25, 0.3) is 5.91 Å². The molecule has 0 saturated carbocycles. The van der Waals surface area contributed by atoms with Gasteiger partial charge in [-0.1, -0.05) is 20.3 Å². The fourth-order valence-corrected chi connectivity index (χ4v) is 3.45. The molecule has 1 N–H and O–H groups in total. The smallest absolute Gasteiger partial charge is 0.270 e. The van der Waals surface area contributed by atoms with E-state index in [9.17, 15) is 9.59 Å². The van der Waals surface area contributed by atoms with Crippen LogP contribution in [0.3, 0.4) is 0 Å². The number of benzene rings is 1. The third-order valence-corrected chi connectivity index (χ3v) is 5.11. The summed E-state index contributed by atoms with van der Waals surface area (Å²) in [6.45, 7) is 3.76. The molecule has 0 fully saturated rings. The van der Waals surface area contributed by atoms with Gasteiger partial charge in [0.05, 0.1) is 10.7 Å². The zero-order valence-electron chi connectivity index (χ0n) is 14.8. The first-order valence-corrected chi connectivity index (χ1v) is 9.45. The van der Waals surface area contributed by atoms with E-state index in [-0.39, 0.29) is 54.7 Å². The number of carbonyl (C=O) groups excluding carboxylic acids is 2. The fourth-order valence-electron chi connectivity index (χ4n) is 2.48. The molecule has 1 amide bonds. The van der Waals surface area contributed by atoms with Gasteiger partial charge in [-0.15, -0.1) is 16.2 Å². The number of aromatic nitrogens is 1. The maximum absolute atomic E-state index is 12.5. The zero-order chi connectivity index (χ0) is 18.4. The molecule has 0 bridgehead atoms. The Labute approximate surface area is 189 Å². The van der Waals surface area contributed by atoms with Crippen LogP contribution in [0, 0.1) is 43.1 Å². The van der Waals surface area contributed by atoms with Crippen LogP contribution in [0.1, 0.15) is 41.3 Å². The van der Waals surface area contributed by atoms with E-state index < -0.39 is 0 Å². The number of thiazole rings is 1. The van der Waals surface area contributed by atoms with Crippen LogP contribution in [0.5, 0.6) is 0 Å². The zero-order valence-corrected chi connectivity index (χ0v) is 20.7. The van der Waals surface area contributed by atoms with E-state index in [1.54, 1.807) is 18.4 Å². The number of nitrogens with zero attached hydrogens (tertiary/aromatic N) is 1. The van der Waals surface area contributed by atoms with Crippen molar-refractivity contribution in [2.75, 3.05) is 0 Å². The number of carbonyl (C=O) groups is 2. The number of aryl methyl sites for hydroxylation is 1. The Morgan fingerprint density at radius 2 is 2.15 bits per heavy atom. The molecule has 2 radical (unpaired) electrons. The third kappa shape index (κ3) is 7.23. The second-order valence-electron chi connectivity index (χ2n) is 5.99. The first-order chi connectivity index (χ1) is 11.9. The van der Waals surface area contributed by atoms with Gasteiger partial charge < -0.3 is 10.1 Å². The minimum Gasteiger partial charge on any atom is -0.349 e. The number of thiol groups is 1. The van der Waals surface area contributed by atoms with Crippen molar-refractivity contribution in [1.82, 2.24) is 10.3 Å². The van der Waals surface area contributed by atoms with Gasteiger partial charge in [0.1, 0.15) is 5.69 Å². The number of nitrogens with one attached hydrogen (secondary N) is 1. The van der Waals surface area contributed by atoms with Crippen LogP contribution in [0.4, 0.5) is 0 Å². The molecular weight excluding hydrogens is 589 g/mol. The van der Waals surface area contributed by atoms with Crippen LogP contribution in [-0.4, -0.2) is 30.5 Å². The molecular formula is C18H20BN2O2S2U-. The normalized spacial score (nSPS) is 12.7.